The van der Waals surface area contributed by atoms with E-state index in [1.807, 2.05) is 0 Å². The Morgan fingerprint density at radius 2 is 2.00 bits per heavy atom. The smallest absolute Gasteiger partial charge is 0.322 e. The molecule has 1 rings (SSSR count). The molecule has 0 saturated carbocycles. The van der Waals surface area contributed by atoms with Gasteiger partial charge in [-0.2, -0.15) is 0 Å². The molecule has 0 atom stereocenters. The van der Waals surface area contributed by atoms with Gasteiger partial charge in [-0.1, -0.05) is 31.5 Å². The van der Waals surface area contributed by atoms with Gasteiger partial charge in [-0.15, -0.1) is 0 Å². The van der Waals surface area contributed by atoms with E-state index in [-0.39, 0.29) is 6.92 Å². The van der Waals surface area contributed by atoms with Crippen molar-refractivity contribution in [3.05, 3.63) is 22.8 Å². The molecule has 2 nitrogen and oxygen atoms in total. The van der Waals surface area contributed by atoms with E-state index in [0.717, 1.165) is 18.3 Å². The zero-order valence-corrected chi connectivity index (χ0v) is 12.9. The second-order valence-electron chi connectivity index (χ2n) is 5.16. The first-order chi connectivity index (χ1) is 7.94. The topological polar surface area (TPSA) is 18.5 Å². The van der Waals surface area contributed by atoms with Crippen LogP contribution < -0.4 is 0 Å². The lowest BCUT2D eigenvalue weighted by molar-refractivity contribution is 0.211. The molecule has 0 aromatic rings. The van der Waals surface area contributed by atoms with Crippen LogP contribution in [0.25, 0.3) is 0 Å². The van der Waals surface area contributed by atoms with Crippen LogP contribution in [0.2, 0.25) is 19.4 Å². The van der Waals surface area contributed by atoms with Gasteiger partial charge in [0, 0.05) is 0 Å². The highest BCUT2D eigenvalue weighted by Gasteiger charge is 2.35. The van der Waals surface area contributed by atoms with Crippen LogP contribution in [0, 0.1) is 0 Å². The SMILES string of the molecule is C=C(C)/C1=C(\CC)B(CC)OCCO[Si]1(C)C. The Bertz CT molecular complexity index is 323. The summed E-state index contributed by atoms with van der Waals surface area (Å²) in [5, 5.41) is 1.38. The fourth-order valence-corrected chi connectivity index (χ4v) is 5.64. The van der Waals surface area contributed by atoms with Crippen molar-refractivity contribution in [3.8, 4) is 0 Å². The summed E-state index contributed by atoms with van der Waals surface area (Å²) < 4.78 is 12.0. The largest absolute Gasteiger partial charge is 0.429 e. The Morgan fingerprint density at radius 3 is 2.47 bits per heavy atom. The molecule has 0 N–H and O–H groups in total. The molecule has 0 amide bonds. The van der Waals surface area contributed by atoms with Gasteiger partial charge in [-0.3, -0.25) is 0 Å². The van der Waals surface area contributed by atoms with Crippen LogP contribution in [0.4, 0.5) is 0 Å². The van der Waals surface area contributed by atoms with Gasteiger partial charge in [0.15, 0.2) is 0 Å². The number of rotatable bonds is 3. The minimum atomic E-state index is -1.81. The van der Waals surface area contributed by atoms with Crippen molar-refractivity contribution in [2.75, 3.05) is 13.2 Å². The van der Waals surface area contributed by atoms with E-state index >= 15 is 0 Å². The average Bonchev–Trinajstić information content (AvgIpc) is 2.23. The second-order valence-corrected chi connectivity index (χ2v) is 8.97. The lowest BCUT2D eigenvalue weighted by Gasteiger charge is -2.33. The molecule has 0 fully saturated rings. The average molecular weight is 252 g/mol. The molecular formula is C13H25BO2Si. The Labute approximate surface area is 107 Å². The molecule has 0 aromatic carbocycles. The summed E-state index contributed by atoms with van der Waals surface area (Å²) >= 11 is 0. The molecule has 0 unspecified atom stereocenters. The highest BCUT2D eigenvalue weighted by molar-refractivity contribution is 6.81. The van der Waals surface area contributed by atoms with E-state index in [9.17, 15) is 0 Å². The molecule has 96 valence electrons. The third kappa shape index (κ3) is 3.33. The van der Waals surface area contributed by atoms with Crippen LogP contribution >= 0.6 is 0 Å². The molecule has 0 bridgehead atoms. The summed E-state index contributed by atoms with van der Waals surface area (Å²) in [6, 6.07) is 0. The molecule has 4 heteroatoms. The van der Waals surface area contributed by atoms with Crippen LogP contribution in [-0.2, 0) is 9.08 Å². The van der Waals surface area contributed by atoms with Crippen LogP contribution in [0.15, 0.2) is 22.8 Å². The maximum atomic E-state index is 6.06. The molecule has 1 heterocycles. The van der Waals surface area contributed by atoms with Gasteiger partial charge in [0.2, 0.25) is 8.32 Å². The van der Waals surface area contributed by atoms with Crippen molar-refractivity contribution in [2.45, 2.75) is 46.6 Å². The summed E-state index contributed by atoms with van der Waals surface area (Å²) in [7, 11) is -1.81. The molecule has 1 aliphatic rings. The lowest BCUT2D eigenvalue weighted by atomic mass is 9.56. The lowest BCUT2D eigenvalue weighted by Crippen LogP contribution is -2.41. The molecule has 0 aliphatic carbocycles. The summed E-state index contributed by atoms with van der Waals surface area (Å²) in [6.45, 7) is 16.9. The van der Waals surface area contributed by atoms with Crippen molar-refractivity contribution >= 4 is 15.2 Å². The molecular weight excluding hydrogens is 227 g/mol. The Morgan fingerprint density at radius 1 is 1.35 bits per heavy atom. The van der Waals surface area contributed by atoms with Gasteiger partial charge < -0.3 is 9.08 Å². The number of allylic oxidation sites excluding steroid dienone is 3. The quantitative estimate of drug-likeness (QED) is 0.714. The molecule has 0 radical (unpaired) electrons. The zero-order chi connectivity index (χ0) is 13.1. The maximum absolute atomic E-state index is 6.06. The Kier molecular flexibility index (Phi) is 5.23. The first-order valence-corrected chi connectivity index (χ1v) is 9.49. The highest BCUT2D eigenvalue weighted by Crippen LogP contribution is 2.31. The van der Waals surface area contributed by atoms with Crippen molar-refractivity contribution in [1.82, 2.24) is 0 Å². The normalized spacial score (nSPS) is 25.4. The maximum Gasteiger partial charge on any atom is 0.322 e. The van der Waals surface area contributed by atoms with Gasteiger partial charge in [0.25, 0.3) is 0 Å². The third-order valence-electron chi connectivity index (χ3n) is 3.36. The predicted octanol–water partition coefficient (Wildman–Crippen LogP) is 3.61. The van der Waals surface area contributed by atoms with E-state index in [4.69, 9.17) is 9.08 Å². The van der Waals surface area contributed by atoms with Gasteiger partial charge in [0.05, 0.1) is 13.2 Å². The molecule has 1 aliphatic heterocycles. The molecule has 0 aromatic heterocycles. The summed E-state index contributed by atoms with van der Waals surface area (Å²) in [6.07, 6.45) is 2.06. The van der Waals surface area contributed by atoms with Crippen molar-refractivity contribution in [3.63, 3.8) is 0 Å². The van der Waals surface area contributed by atoms with Crippen LogP contribution in [0.3, 0.4) is 0 Å². The van der Waals surface area contributed by atoms with Crippen LogP contribution in [0.1, 0.15) is 27.2 Å². The first kappa shape index (κ1) is 14.7. The summed E-state index contributed by atoms with van der Waals surface area (Å²) in [5.41, 5.74) is 2.57. The predicted molar refractivity (Wildman–Crippen MR) is 77.8 cm³/mol. The van der Waals surface area contributed by atoms with E-state index in [0.29, 0.717) is 13.2 Å². The monoisotopic (exact) mass is 252 g/mol. The molecule has 17 heavy (non-hydrogen) atoms. The van der Waals surface area contributed by atoms with E-state index < -0.39 is 8.32 Å². The number of hydrogen-bond donors (Lipinski definition) is 0. The second kappa shape index (κ2) is 6.03. The van der Waals surface area contributed by atoms with Gasteiger partial charge in [0.1, 0.15) is 0 Å². The highest BCUT2D eigenvalue weighted by atomic mass is 28.4. The van der Waals surface area contributed by atoms with Crippen molar-refractivity contribution in [1.29, 1.82) is 0 Å². The summed E-state index contributed by atoms with van der Waals surface area (Å²) in [4.78, 5) is 0. The molecule has 0 saturated heterocycles. The van der Waals surface area contributed by atoms with Crippen molar-refractivity contribution in [2.24, 2.45) is 0 Å². The van der Waals surface area contributed by atoms with Gasteiger partial charge >= 0.3 is 6.92 Å². The minimum absolute atomic E-state index is 0.252. The van der Waals surface area contributed by atoms with Crippen LogP contribution in [0.5, 0.6) is 0 Å². The first-order valence-electron chi connectivity index (χ1n) is 6.59. The minimum Gasteiger partial charge on any atom is -0.429 e. The van der Waals surface area contributed by atoms with Crippen LogP contribution in [-0.4, -0.2) is 28.4 Å². The zero-order valence-electron chi connectivity index (χ0n) is 11.9. The molecule has 0 spiro atoms. The third-order valence-corrected chi connectivity index (χ3v) is 6.23. The van der Waals surface area contributed by atoms with Crippen molar-refractivity contribution < 1.29 is 9.08 Å². The Hall–Kier alpha value is -0.318. The Balaban J connectivity index is 3.30. The fraction of sp³-hybridized carbons (Fsp3) is 0.692. The number of hydrogen-bond acceptors (Lipinski definition) is 2. The van der Waals surface area contributed by atoms with Gasteiger partial charge in [-0.25, -0.2) is 0 Å². The fourth-order valence-electron chi connectivity index (χ4n) is 2.76. The standard InChI is InChI=1S/C13H25BO2Si/c1-7-12-13(11(3)4)17(5,6)16-10-9-15-14(12)8-2/h3,7-10H2,1-2,4-6H3/b13-12-. The van der Waals surface area contributed by atoms with E-state index in [1.54, 1.807) is 0 Å². The van der Waals surface area contributed by atoms with E-state index in [2.05, 4.69) is 40.4 Å². The summed E-state index contributed by atoms with van der Waals surface area (Å²) in [5.74, 6) is 0. The van der Waals surface area contributed by atoms with E-state index in [1.165, 1.54) is 10.7 Å². The van der Waals surface area contributed by atoms with Gasteiger partial charge in [-0.05, 0) is 38.0 Å².